The van der Waals surface area contributed by atoms with Crippen molar-refractivity contribution < 1.29 is 14.3 Å². The third-order valence-electron chi connectivity index (χ3n) is 5.80. The molecule has 0 radical (unpaired) electrons. The zero-order valence-electron chi connectivity index (χ0n) is 15.4. The largest absolute Gasteiger partial charge is 0.383 e. The lowest BCUT2D eigenvalue weighted by atomic mass is 9.74. The highest BCUT2D eigenvalue weighted by Gasteiger charge is 2.54. The van der Waals surface area contributed by atoms with Gasteiger partial charge in [-0.15, -0.1) is 0 Å². The second kappa shape index (κ2) is 7.15. The first-order chi connectivity index (χ1) is 12.0. The maximum absolute atomic E-state index is 12.8. The molecule has 7 nitrogen and oxygen atoms in total. The number of methoxy groups -OCH3 is 1. The SMILES string of the molecule is CCC(=O)N1CCC2(CC1)C(c1cnn(C)c1)CC(=O)N2CCOC. The molecule has 0 N–H and O–H groups in total. The molecular weight excluding hydrogens is 320 g/mol. The monoisotopic (exact) mass is 348 g/mol. The minimum absolute atomic E-state index is 0.129. The summed E-state index contributed by atoms with van der Waals surface area (Å²) in [5, 5.41) is 4.31. The molecule has 2 aliphatic rings. The summed E-state index contributed by atoms with van der Waals surface area (Å²) in [4.78, 5) is 28.8. The molecule has 0 saturated carbocycles. The fourth-order valence-electron chi connectivity index (χ4n) is 4.47. The van der Waals surface area contributed by atoms with E-state index in [4.69, 9.17) is 4.74 Å². The number of piperidine rings is 1. The second-order valence-corrected chi connectivity index (χ2v) is 7.08. The molecule has 0 bridgehead atoms. The van der Waals surface area contributed by atoms with Crippen LogP contribution in [-0.2, 0) is 21.4 Å². The summed E-state index contributed by atoms with van der Waals surface area (Å²) >= 11 is 0. The smallest absolute Gasteiger partial charge is 0.223 e. The van der Waals surface area contributed by atoms with Crippen molar-refractivity contribution in [3.05, 3.63) is 18.0 Å². The summed E-state index contributed by atoms with van der Waals surface area (Å²) in [6.07, 6.45) is 6.57. The molecule has 0 aliphatic carbocycles. The average Bonchev–Trinajstić information content (AvgIpc) is 3.15. The van der Waals surface area contributed by atoms with Crippen molar-refractivity contribution in [1.29, 1.82) is 0 Å². The Hall–Kier alpha value is -1.89. The van der Waals surface area contributed by atoms with Crippen LogP contribution >= 0.6 is 0 Å². The molecule has 1 spiro atoms. The minimum atomic E-state index is -0.233. The van der Waals surface area contributed by atoms with E-state index in [-0.39, 0.29) is 23.3 Å². The first-order valence-electron chi connectivity index (χ1n) is 9.07. The van der Waals surface area contributed by atoms with Crippen molar-refractivity contribution in [3.8, 4) is 0 Å². The van der Waals surface area contributed by atoms with Crippen molar-refractivity contribution >= 4 is 11.8 Å². The van der Waals surface area contributed by atoms with Crippen molar-refractivity contribution in [1.82, 2.24) is 19.6 Å². The lowest BCUT2D eigenvalue weighted by Gasteiger charge is -2.47. The molecular formula is C18H28N4O3. The molecule has 2 aliphatic heterocycles. The Morgan fingerprint density at radius 2 is 2.12 bits per heavy atom. The van der Waals surface area contributed by atoms with Gasteiger partial charge in [-0.3, -0.25) is 14.3 Å². The summed E-state index contributed by atoms with van der Waals surface area (Å²) in [5.41, 5.74) is 0.884. The molecule has 1 atom stereocenters. The molecule has 1 aromatic heterocycles. The summed E-state index contributed by atoms with van der Waals surface area (Å²) in [5.74, 6) is 0.506. The van der Waals surface area contributed by atoms with Gasteiger partial charge >= 0.3 is 0 Å². The number of hydrogen-bond acceptors (Lipinski definition) is 4. The van der Waals surface area contributed by atoms with Crippen LogP contribution in [0.1, 0.15) is 44.1 Å². The molecule has 3 rings (SSSR count). The predicted octanol–water partition coefficient (Wildman–Crippen LogP) is 1.15. The van der Waals surface area contributed by atoms with Crippen LogP contribution in [0.25, 0.3) is 0 Å². The van der Waals surface area contributed by atoms with Gasteiger partial charge in [-0.2, -0.15) is 5.10 Å². The first kappa shape index (κ1) is 17.9. The Labute approximate surface area is 148 Å². The molecule has 25 heavy (non-hydrogen) atoms. The number of amides is 2. The third-order valence-corrected chi connectivity index (χ3v) is 5.80. The normalized spacial score (nSPS) is 22.8. The maximum Gasteiger partial charge on any atom is 0.223 e. The van der Waals surface area contributed by atoms with Crippen molar-refractivity contribution in [2.45, 2.75) is 44.1 Å². The molecule has 2 amide bonds. The summed E-state index contributed by atoms with van der Waals surface area (Å²) in [6.45, 7) is 4.45. The Bertz CT molecular complexity index is 634. The Kier molecular flexibility index (Phi) is 5.13. The van der Waals surface area contributed by atoms with Gasteiger partial charge in [0.25, 0.3) is 0 Å². The second-order valence-electron chi connectivity index (χ2n) is 7.08. The number of nitrogens with zero attached hydrogens (tertiary/aromatic N) is 4. The third kappa shape index (κ3) is 3.17. The van der Waals surface area contributed by atoms with Crippen LogP contribution < -0.4 is 0 Å². The number of aromatic nitrogens is 2. The van der Waals surface area contributed by atoms with Crippen LogP contribution in [0.3, 0.4) is 0 Å². The highest BCUT2D eigenvalue weighted by atomic mass is 16.5. The Balaban J connectivity index is 1.88. The molecule has 1 aromatic rings. The first-order valence-corrected chi connectivity index (χ1v) is 9.07. The van der Waals surface area contributed by atoms with Crippen molar-refractivity contribution in [2.75, 3.05) is 33.4 Å². The van der Waals surface area contributed by atoms with Gasteiger partial charge in [0.05, 0.1) is 18.3 Å². The number of ether oxygens (including phenoxy) is 1. The fourth-order valence-corrected chi connectivity index (χ4v) is 4.47. The molecule has 0 aromatic carbocycles. The van der Waals surface area contributed by atoms with Crippen LogP contribution in [0.5, 0.6) is 0 Å². The van der Waals surface area contributed by atoms with Crippen LogP contribution in [0.4, 0.5) is 0 Å². The number of carbonyl (C=O) groups is 2. The lowest BCUT2D eigenvalue weighted by Crippen LogP contribution is -2.56. The molecule has 2 fully saturated rings. The summed E-state index contributed by atoms with van der Waals surface area (Å²) < 4.78 is 7.03. The predicted molar refractivity (Wildman–Crippen MR) is 93.0 cm³/mol. The molecule has 7 heteroatoms. The average molecular weight is 348 g/mol. The summed E-state index contributed by atoms with van der Waals surface area (Å²) in [7, 11) is 3.56. The number of rotatable bonds is 5. The minimum Gasteiger partial charge on any atom is -0.383 e. The van der Waals surface area contributed by atoms with Crippen LogP contribution in [0, 0.1) is 0 Å². The van der Waals surface area contributed by atoms with Gasteiger partial charge in [0.2, 0.25) is 11.8 Å². The van der Waals surface area contributed by atoms with Crippen molar-refractivity contribution in [2.24, 2.45) is 7.05 Å². The zero-order valence-corrected chi connectivity index (χ0v) is 15.4. The summed E-state index contributed by atoms with van der Waals surface area (Å²) in [6, 6.07) is 0. The lowest BCUT2D eigenvalue weighted by molar-refractivity contribution is -0.137. The van der Waals surface area contributed by atoms with Gasteiger partial charge in [-0.05, 0) is 18.4 Å². The van der Waals surface area contributed by atoms with E-state index in [0.717, 1.165) is 18.4 Å². The number of carbonyl (C=O) groups excluding carboxylic acids is 2. The van der Waals surface area contributed by atoms with Crippen LogP contribution in [0.15, 0.2) is 12.4 Å². The Morgan fingerprint density at radius 3 is 2.68 bits per heavy atom. The molecule has 1 unspecified atom stereocenters. The number of aryl methyl sites for hydroxylation is 1. The van der Waals surface area contributed by atoms with E-state index >= 15 is 0 Å². The van der Waals surface area contributed by atoms with E-state index in [1.54, 1.807) is 11.8 Å². The maximum atomic E-state index is 12.8. The van der Waals surface area contributed by atoms with E-state index < -0.39 is 0 Å². The number of hydrogen-bond donors (Lipinski definition) is 0. The van der Waals surface area contributed by atoms with E-state index in [1.165, 1.54) is 0 Å². The van der Waals surface area contributed by atoms with E-state index in [1.807, 2.05) is 36.2 Å². The van der Waals surface area contributed by atoms with Gasteiger partial charge in [0.1, 0.15) is 0 Å². The van der Waals surface area contributed by atoms with E-state index in [0.29, 0.717) is 39.1 Å². The van der Waals surface area contributed by atoms with Gasteiger partial charge in [-0.1, -0.05) is 6.92 Å². The standard InChI is InChI=1S/C18H28N4O3/c1-4-16(23)21-7-5-18(6-8-21)15(14-12-19-20(2)13-14)11-17(24)22(18)9-10-25-3/h12-13,15H,4-11H2,1-3H3. The molecule has 138 valence electrons. The highest BCUT2D eigenvalue weighted by molar-refractivity contribution is 5.82. The van der Waals surface area contributed by atoms with Crippen molar-refractivity contribution in [3.63, 3.8) is 0 Å². The van der Waals surface area contributed by atoms with Crippen LogP contribution in [0.2, 0.25) is 0 Å². The zero-order chi connectivity index (χ0) is 18.0. The quantitative estimate of drug-likeness (QED) is 0.801. The Morgan fingerprint density at radius 1 is 1.40 bits per heavy atom. The number of likely N-dealkylation sites (tertiary alicyclic amines) is 2. The van der Waals surface area contributed by atoms with E-state index in [9.17, 15) is 9.59 Å². The van der Waals surface area contributed by atoms with Gasteiger partial charge in [0.15, 0.2) is 0 Å². The highest BCUT2D eigenvalue weighted by Crippen LogP contribution is 2.48. The van der Waals surface area contributed by atoms with E-state index in [2.05, 4.69) is 5.10 Å². The fraction of sp³-hybridized carbons (Fsp3) is 0.722. The van der Waals surface area contributed by atoms with Gasteiger partial charge in [-0.25, -0.2) is 0 Å². The van der Waals surface area contributed by atoms with Crippen LogP contribution in [-0.4, -0.2) is 70.3 Å². The van der Waals surface area contributed by atoms with Gasteiger partial charge < -0.3 is 14.5 Å². The van der Waals surface area contributed by atoms with Gasteiger partial charge in [0, 0.05) is 58.7 Å². The topological polar surface area (TPSA) is 67.7 Å². The molecule has 2 saturated heterocycles. The molecule has 3 heterocycles.